The quantitative estimate of drug-likeness (QED) is 0.791. The Balaban J connectivity index is 2.59. The van der Waals surface area contributed by atoms with Gasteiger partial charge in [-0.05, 0) is 31.5 Å². The van der Waals surface area contributed by atoms with Crippen LogP contribution in [0, 0.1) is 13.8 Å². The summed E-state index contributed by atoms with van der Waals surface area (Å²) in [6, 6.07) is 5.55. The molecule has 2 rings (SSSR count). The molecule has 0 saturated carbocycles. The van der Waals surface area contributed by atoms with Crippen molar-refractivity contribution in [2.45, 2.75) is 13.8 Å². The molecule has 2 aromatic rings. The number of benzene rings is 1. The normalized spacial score (nSPS) is 10.6. The van der Waals surface area contributed by atoms with E-state index in [0.29, 0.717) is 5.02 Å². The van der Waals surface area contributed by atoms with Gasteiger partial charge in [-0.3, -0.25) is 4.57 Å². The van der Waals surface area contributed by atoms with E-state index in [0.717, 1.165) is 16.9 Å². The first-order valence-corrected chi connectivity index (χ1v) is 5.00. The summed E-state index contributed by atoms with van der Waals surface area (Å²) in [5.41, 5.74) is 2.46. The molecule has 4 heteroatoms. The van der Waals surface area contributed by atoms with Crippen LogP contribution in [0.3, 0.4) is 0 Å². The summed E-state index contributed by atoms with van der Waals surface area (Å²) in [5, 5.41) is 0.665. The lowest BCUT2D eigenvalue weighted by Gasteiger charge is -2.03. The Hall–Kier alpha value is -1.48. The minimum absolute atomic E-state index is 0.146. The molecule has 3 nitrogen and oxygen atoms in total. The second-order valence-electron chi connectivity index (χ2n) is 3.55. The third-order valence-corrected chi connectivity index (χ3v) is 2.69. The SMILES string of the molecule is Cc1cn(-c2ccc(C)c(Cl)c2)c(=O)[nH]1. The molecule has 78 valence electrons. The standard InChI is InChI=1S/C11H11ClN2O/c1-7-3-4-9(5-10(7)12)14-6-8(2)13-11(14)15/h3-6H,1-2H3,(H,13,15). The van der Waals surface area contributed by atoms with Gasteiger partial charge in [-0.15, -0.1) is 0 Å². The van der Waals surface area contributed by atoms with Gasteiger partial charge in [0, 0.05) is 16.9 Å². The van der Waals surface area contributed by atoms with E-state index in [1.54, 1.807) is 16.8 Å². The summed E-state index contributed by atoms with van der Waals surface area (Å²) >= 11 is 6.00. The highest BCUT2D eigenvalue weighted by Gasteiger charge is 2.03. The van der Waals surface area contributed by atoms with Crippen molar-refractivity contribution in [2.24, 2.45) is 0 Å². The molecule has 1 heterocycles. The Morgan fingerprint density at radius 2 is 2.07 bits per heavy atom. The molecular weight excluding hydrogens is 212 g/mol. The fraction of sp³-hybridized carbons (Fsp3) is 0.182. The number of imidazole rings is 1. The number of hydrogen-bond donors (Lipinski definition) is 1. The van der Waals surface area contributed by atoms with Crippen molar-refractivity contribution in [1.82, 2.24) is 9.55 Å². The van der Waals surface area contributed by atoms with Crippen LogP contribution in [0.15, 0.2) is 29.2 Å². The maximum Gasteiger partial charge on any atom is 0.330 e. The first-order valence-electron chi connectivity index (χ1n) is 4.63. The molecule has 0 aliphatic heterocycles. The van der Waals surface area contributed by atoms with Crippen molar-refractivity contribution in [1.29, 1.82) is 0 Å². The van der Waals surface area contributed by atoms with Gasteiger partial charge < -0.3 is 4.98 Å². The Labute approximate surface area is 92.3 Å². The molecule has 0 fully saturated rings. The molecule has 0 bridgehead atoms. The number of nitrogens with one attached hydrogen (secondary N) is 1. The fourth-order valence-corrected chi connectivity index (χ4v) is 1.61. The molecule has 1 aromatic heterocycles. The van der Waals surface area contributed by atoms with Crippen molar-refractivity contribution in [2.75, 3.05) is 0 Å². The molecule has 0 unspecified atom stereocenters. The van der Waals surface area contributed by atoms with Crippen molar-refractivity contribution < 1.29 is 0 Å². The van der Waals surface area contributed by atoms with E-state index in [4.69, 9.17) is 11.6 Å². The molecular formula is C11H11ClN2O. The van der Waals surface area contributed by atoms with Gasteiger partial charge in [-0.25, -0.2) is 4.79 Å². The van der Waals surface area contributed by atoms with Crippen molar-refractivity contribution in [3.63, 3.8) is 0 Å². The molecule has 0 atom stereocenters. The average Bonchev–Trinajstić information content (AvgIpc) is 2.50. The third kappa shape index (κ3) is 1.83. The maximum absolute atomic E-state index is 11.5. The molecule has 0 spiro atoms. The Bertz CT molecular complexity index is 554. The van der Waals surface area contributed by atoms with Gasteiger partial charge in [0.05, 0.1) is 5.69 Å². The monoisotopic (exact) mass is 222 g/mol. The molecule has 1 N–H and O–H groups in total. The molecule has 0 aliphatic carbocycles. The number of aromatic amines is 1. The zero-order valence-corrected chi connectivity index (χ0v) is 9.30. The lowest BCUT2D eigenvalue weighted by molar-refractivity contribution is 0.986. The molecule has 0 radical (unpaired) electrons. The average molecular weight is 223 g/mol. The van der Waals surface area contributed by atoms with Crippen LogP contribution in [0.4, 0.5) is 0 Å². The van der Waals surface area contributed by atoms with Gasteiger partial charge in [-0.1, -0.05) is 17.7 Å². The second-order valence-corrected chi connectivity index (χ2v) is 3.95. The van der Waals surface area contributed by atoms with Gasteiger partial charge in [-0.2, -0.15) is 0 Å². The van der Waals surface area contributed by atoms with E-state index in [-0.39, 0.29) is 5.69 Å². The zero-order chi connectivity index (χ0) is 11.0. The minimum Gasteiger partial charge on any atom is -0.310 e. The van der Waals surface area contributed by atoms with Gasteiger partial charge >= 0.3 is 5.69 Å². The van der Waals surface area contributed by atoms with Gasteiger partial charge in [0.15, 0.2) is 0 Å². The van der Waals surface area contributed by atoms with Gasteiger partial charge in [0.2, 0.25) is 0 Å². The fourth-order valence-electron chi connectivity index (χ4n) is 1.44. The Morgan fingerprint density at radius 3 is 2.60 bits per heavy atom. The summed E-state index contributed by atoms with van der Waals surface area (Å²) in [5.74, 6) is 0. The van der Waals surface area contributed by atoms with Crippen LogP contribution < -0.4 is 5.69 Å². The summed E-state index contributed by atoms with van der Waals surface area (Å²) in [6.07, 6.45) is 1.75. The van der Waals surface area contributed by atoms with Crippen molar-refractivity contribution >= 4 is 11.6 Å². The van der Waals surface area contributed by atoms with Crippen LogP contribution in [-0.2, 0) is 0 Å². The highest BCUT2D eigenvalue weighted by atomic mass is 35.5. The number of rotatable bonds is 1. The zero-order valence-electron chi connectivity index (χ0n) is 8.54. The van der Waals surface area contributed by atoms with E-state index in [1.165, 1.54) is 0 Å². The predicted molar refractivity (Wildman–Crippen MR) is 60.9 cm³/mol. The van der Waals surface area contributed by atoms with Gasteiger partial charge in [0.1, 0.15) is 0 Å². The molecule has 0 saturated heterocycles. The van der Waals surface area contributed by atoms with Crippen LogP contribution in [0.1, 0.15) is 11.3 Å². The lowest BCUT2D eigenvalue weighted by atomic mass is 10.2. The predicted octanol–water partition coefficient (Wildman–Crippen LogP) is 2.44. The highest BCUT2D eigenvalue weighted by Crippen LogP contribution is 2.18. The number of halogens is 1. The summed E-state index contributed by atoms with van der Waals surface area (Å²) in [6.45, 7) is 3.77. The number of aryl methyl sites for hydroxylation is 2. The van der Waals surface area contributed by atoms with Crippen LogP contribution in [0.25, 0.3) is 5.69 Å². The van der Waals surface area contributed by atoms with Crippen LogP contribution in [0.5, 0.6) is 0 Å². The van der Waals surface area contributed by atoms with Crippen molar-refractivity contribution in [3.8, 4) is 5.69 Å². The van der Waals surface area contributed by atoms with Crippen LogP contribution >= 0.6 is 11.6 Å². The number of aromatic nitrogens is 2. The maximum atomic E-state index is 11.5. The first kappa shape index (κ1) is 10.1. The number of hydrogen-bond acceptors (Lipinski definition) is 1. The minimum atomic E-state index is -0.146. The Kier molecular flexibility index (Phi) is 2.40. The highest BCUT2D eigenvalue weighted by molar-refractivity contribution is 6.31. The lowest BCUT2D eigenvalue weighted by Crippen LogP contribution is -2.13. The van der Waals surface area contributed by atoms with Gasteiger partial charge in [0.25, 0.3) is 0 Å². The number of H-pyrrole nitrogens is 1. The van der Waals surface area contributed by atoms with E-state index < -0.39 is 0 Å². The molecule has 15 heavy (non-hydrogen) atoms. The van der Waals surface area contributed by atoms with E-state index in [1.807, 2.05) is 26.0 Å². The number of nitrogens with zero attached hydrogens (tertiary/aromatic N) is 1. The van der Waals surface area contributed by atoms with E-state index in [9.17, 15) is 4.79 Å². The van der Waals surface area contributed by atoms with Crippen LogP contribution in [-0.4, -0.2) is 9.55 Å². The topological polar surface area (TPSA) is 37.8 Å². The molecule has 1 aromatic carbocycles. The first-order chi connectivity index (χ1) is 7.08. The largest absolute Gasteiger partial charge is 0.330 e. The summed E-state index contributed by atoms with van der Waals surface area (Å²) in [7, 11) is 0. The van der Waals surface area contributed by atoms with E-state index >= 15 is 0 Å². The molecule has 0 amide bonds. The van der Waals surface area contributed by atoms with Crippen molar-refractivity contribution in [3.05, 3.63) is 51.2 Å². The Morgan fingerprint density at radius 1 is 1.33 bits per heavy atom. The summed E-state index contributed by atoms with van der Waals surface area (Å²) in [4.78, 5) is 14.2. The smallest absolute Gasteiger partial charge is 0.310 e. The summed E-state index contributed by atoms with van der Waals surface area (Å²) < 4.78 is 1.54. The molecule has 0 aliphatic rings. The second kappa shape index (κ2) is 3.59. The van der Waals surface area contributed by atoms with E-state index in [2.05, 4.69) is 4.98 Å². The van der Waals surface area contributed by atoms with Crippen LogP contribution in [0.2, 0.25) is 5.02 Å². The third-order valence-electron chi connectivity index (χ3n) is 2.28.